The number of benzene rings is 1. The van der Waals surface area contributed by atoms with Crippen LogP contribution in [-0.2, 0) is 0 Å². The van der Waals surface area contributed by atoms with Gasteiger partial charge in [0.2, 0.25) is 0 Å². The molecule has 1 aromatic carbocycles. The molecule has 0 aliphatic heterocycles. The van der Waals surface area contributed by atoms with Crippen molar-refractivity contribution in [3.05, 3.63) is 45.6 Å². The number of hydrogen-bond donors (Lipinski definition) is 1. The highest BCUT2D eigenvalue weighted by Crippen LogP contribution is 2.46. The molecule has 1 N–H and O–H groups in total. The Morgan fingerprint density at radius 1 is 1.32 bits per heavy atom. The Balaban J connectivity index is 1.66. The van der Waals surface area contributed by atoms with Gasteiger partial charge in [-0.25, -0.2) is 4.39 Å². The normalized spacial score (nSPS) is 23.4. The molecule has 2 bridgehead atoms. The lowest BCUT2D eigenvalue weighted by Gasteiger charge is -2.25. The van der Waals surface area contributed by atoms with Gasteiger partial charge in [0.25, 0.3) is 11.5 Å². The Hall–Kier alpha value is -2.81. The SMILES string of the molecule is O=[N+]([O-])c1ccc(-c2c(Cl)nc3ncnn3c2NC2CC3CCC2C3)c(F)c1. The molecule has 2 aliphatic rings. The van der Waals surface area contributed by atoms with E-state index in [2.05, 4.69) is 20.4 Å². The lowest BCUT2D eigenvalue weighted by atomic mass is 9.95. The van der Waals surface area contributed by atoms with Gasteiger partial charge in [-0.2, -0.15) is 19.6 Å². The zero-order valence-corrected chi connectivity index (χ0v) is 15.4. The maximum atomic E-state index is 14.8. The van der Waals surface area contributed by atoms with Crippen molar-refractivity contribution in [3.63, 3.8) is 0 Å². The van der Waals surface area contributed by atoms with Crippen LogP contribution in [0.1, 0.15) is 25.7 Å². The average molecular weight is 403 g/mol. The first-order valence-corrected chi connectivity index (χ1v) is 9.49. The van der Waals surface area contributed by atoms with E-state index in [0.717, 1.165) is 12.5 Å². The maximum absolute atomic E-state index is 14.8. The molecular weight excluding hydrogens is 387 g/mol. The van der Waals surface area contributed by atoms with Crippen LogP contribution in [0.25, 0.3) is 16.9 Å². The van der Waals surface area contributed by atoms with Gasteiger partial charge in [-0.3, -0.25) is 10.1 Å². The van der Waals surface area contributed by atoms with Crippen molar-refractivity contribution in [2.75, 3.05) is 5.32 Å². The standard InChI is InChI=1S/C18H16ClFN6O2/c19-16-15(12-4-3-11(26(27)28)7-13(12)20)17(25-18(24-16)21-8-22-25)23-14-6-9-1-2-10(14)5-9/h3-4,7-10,14,23H,1-2,5-6H2. The van der Waals surface area contributed by atoms with Crippen molar-refractivity contribution in [1.29, 1.82) is 0 Å². The van der Waals surface area contributed by atoms with E-state index in [0.29, 0.717) is 29.0 Å². The third kappa shape index (κ3) is 2.69. The van der Waals surface area contributed by atoms with Crippen LogP contribution in [0.2, 0.25) is 5.15 Å². The highest BCUT2D eigenvalue weighted by Gasteiger charge is 2.40. The molecule has 0 radical (unpaired) electrons. The van der Waals surface area contributed by atoms with Crippen LogP contribution in [0.15, 0.2) is 24.5 Å². The van der Waals surface area contributed by atoms with Crippen molar-refractivity contribution in [3.8, 4) is 11.1 Å². The summed E-state index contributed by atoms with van der Waals surface area (Å²) in [4.78, 5) is 18.6. The molecule has 28 heavy (non-hydrogen) atoms. The summed E-state index contributed by atoms with van der Waals surface area (Å²) >= 11 is 6.41. The molecule has 0 spiro atoms. The number of hydrogen-bond acceptors (Lipinski definition) is 6. The van der Waals surface area contributed by atoms with E-state index < -0.39 is 10.7 Å². The van der Waals surface area contributed by atoms with Crippen molar-refractivity contribution in [2.24, 2.45) is 11.8 Å². The highest BCUT2D eigenvalue weighted by molar-refractivity contribution is 6.33. The fourth-order valence-corrected chi connectivity index (χ4v) is 4.87. The van der Waals surface area contributed by atoms with Crippen LogP contribution in [0.4, 0.5) is 15.9 Å². The maximum Gasteiger partial charge on any atom is 0.272 e. The van der Waals surface area contributed by atoms with Gasteiger partial charge < -0.3 is 5.32 Å². The molecule has 2 fully saturated rings. The summed E-state index contributed by atoms with van der Waals surface area (Å²) in [6, 6.07) is 3.73. The number of rotatable bonds is 4. The first-order chi connectivity index (χ1) is 13.5. The topological polar surface area (TPSA) is 98.2 Å². The zero-order chi connectivity index (χ0) is 19.4. The van der Waals surface area contributed by atoms with Crippen LogP contribution >= 0.6 is 11.6 Å². The molecule has 3 aromatic rings. The molecule has 5 rings (SSSR count). The minimum atomic E-state index is -0.742. The Kier molecular flexibility index (Phi) is 3.94. The molecule has 0 amide bonds. The summed E-state index contributed by atoms with van der Waals surface area (Å²) in [7, 11) is 0. The number of non-ortho nitro benzene ring substituents is 1. The van der Waals surface area contributed by atoms with Crippen molar-refractivity contribution in [1.82, 2.24) is 19.6 Å². The second-order valence-electron chi connectivity index (χ2n) is 7.45. The molecule has 144 valence electrons. The molecular formula is C18H16ClFN6O2. The van der Waals surface area contributed by atoms with Crippen LogP contribution in [-0.4, -0.2) is 30.5 Å². The smallest absolute Gasteiger partial charge is 0.272 e. The van der Waals surface area contributed by atoms with E-state index in [9.17, 15) is 14.5 Å². The average Bonchev–Trinajstić information content (AvgIpc) is 3.38. The predicted octanol–water partition coefficient (Wildman–Crippen LogP) is 4.09. The number of anilines is 1. The Morgan fingerprint density at radius 3 is 2.86 bits per heavy atom. The van der Waals surface area contributed by atoms with Gasteiger partial charge in [0.1, 0.15) is 23.1 Å². The number of fused-ring (bicyclic) bond motifs is 3. The zero-order valence-electron chi connectivity index (χ0n) is 14.7. The second-order valence-corrected chi connectivity index (χ2v) is 7.80. The third-order valence-corrected chi connectivity index (χ3v) is 6.15. The largest absolute Gasteiger partial charge is 0.366 e. The van der Waals surface area contributed by atoms with Crippen LogP contribution < -0.4 is 5.32 Å². The number of nitro benzene ring substituents is 1. The summed E-state index contributed by atoms with van der Waals surface area (Å²) in [5.74, 6) is 1.35. The number of nitrogens with zero attached hydrogens (tertiary/aromatic N) is 5. The van der Waals surface area contributed by atoms with Crippen LogP contribution in [0, 0.1) is 27.8 Å². The van der Waals surface area contributed by atoms with Gasteiger partial charge in [0, 0.05) is 17.7 Å². The molecule has 2 aliphatic carbocycles. The molecule has 2 heterocycles. The molecule has 3 atom stereocenters. The van der Waals surface area contributed by atoms with Gasteiger partial charge in [-0.1, -0.05) is 18.0 Å². The highest BCUT2D eigenvalue weighted by atomic mass is 35.5. The second kappa shape index (κ2) is 6.37. The fraction of sp³-hybridized carbons (Fsp3) is 0.389. The summed E-state index contributed by atoms with van der Waals surface area (Å²) in [5.41, 5.74) is 0.135. The Bertz CT molecular complexity index is 1100. The molecule has 2 aromatic heterocycles. The number of nitrogens with one attached hydrogen (secondary N) is 1. The molecule has 10 heteroatoms. The van der Waals surface area contributed by atoms with Gasteiger partial charge in [-0.15, -0.1) is 0 Å². The van der Waals surface area contributed by atoms with Crippen molar-refractivity contribution < 1.29 is 9.31 Å². The van der Waals surface area contributed by atoms with E-state index in [1.807, 2.05) is 0 Å². The first kappa shape index (κ1) is 17.3. The van der Waals surface area contributed by atoms with E-state index in [4.69, 9.17) is 11.6 Å². The van der Waals surface area contributed by atoms with E-state index in [1.54, 1.807) is 0 Å². The predicted molar refractivity (Wildman–Crippen MR) is 101 cm³/mol. The Morgan fingerprint density at radius 2 is 2.18 bits per heavy atom. The van der Waals surface area contributed by atoms with Gasteiger partial charge in [0.15, 0.2) is 0 Å². The van der Waals surface area contributed by atoms with E-state index >= 15 is 0 Å². The summed E-state index contributed by atoms with van der Waals surface area (Å²) in [6.07, 6.45) is 6.02. The quantitative estimate of drug-likeness (QED) is 0.401. The van der Waals surface area contributed by atoms with Crippen LogP contribution in [0.5, 0.6) is 0 Å². The van der Waals surface area contributed by atoms with Gasteiger partial charge in [0.05, 0.1) is 16.6 Å². The molecule has 8 nitrogen and oxygen atoms in total. The minimum Gasteiger partial charge on any atom is -0.366 e. The molecule has 2 saturated carbocycles. The Labute approximate surface area is 163 Å². The summed E-state index contributed by atoms with van der Waals surface area (Å²) < 4.78 is 16.3. The number of aromatic nitrogens is 4. The number of halogens is 2. The monoisotopic (exact) mass is 402 g/mol. The number of nitro groups is 1. The first-order valence-electron chi connectivity index (χ1n) is 9.11. The van der Waals surface area contributed by atoms with E-state index in [1.165, 1.54) is 42.2 Å². The van der Waals surface area contributed by atoms with Crippen molar-refractivity contribution in [2.45, 2.75) is 31.7 Å². The van der Waals surface area contributed by atoms with Gasteiger partial charge in [-0.05, 0) is 37.2 Å². The lowest BCUT2D eigenvalue weighted by Crippen LogP contribution is -2.27. The van der Waals surface area contributed by atoms with Gasteiger partial charge >= 0.3 is 0 Å². The summed E-state index contributed by atoms with van der Waals surface area (Å²) in [6.45, 7) is 0. The minimum absolute atomic E-state index is 0.0684. The lowest BCUT2D eigenvalue weighted by molar-refractivity contribution is -0.385. The molecule has 0 saturated heterocycles. The third-order valence-electron chi connectivity index (χ3n) is 5.88. The fourth-order valence-electron chi connectivity index (χ4n) is 4.61. The van der Waals surface area contributed by atoms with Crippen LogP contribution in [0.3, 0.4) is 0 Å². The summed E-state index contributed by atoms with van der Waals surface area (Å²) in [5, 5.41) is 18.7. The van der Waals surface area contributed by atoms with E-state index in [-0.39, 0.29) is 22.4 Å². The van der Waals surface area contributed by atoms with Crippen molar-refractivity contribution >= 4 is 28.9 Å². The molecule has 3 unspecified atom stereocenters.